The van der Waals surface area contributed by atoms with Gasteiger partial charge >= 0.3 is 0 Å². The molecule has 3 unspecified atom stereocenters. The van der Waals surface area contributed by atoms with E-state index in [1.165, 1.54) is 0 Å². The first-order valence-electron chi connectivity index (χ1n) is 10.7. The van der Waals surface area contributed by atoms with Crippen LogP contribution in [0.15, 0.2) is 0 Å². The van der Waals surface area contributed by atoms with Gasteiger partial charge < -0.3 is 14.6 Å². The minimum Gasteiger partial charge on any atom is -0.393 e. The van der Waals surface area contributed by atoms with Gasteiger partial charge in [0.05, 0.1) is 24.4 Å². The van der Waals surface area contributed by atoms with E-state index < -0.39 is 5.60 Å². The number of rotatable bonds is 10. The van der Waals surface area contributed by atoms with Crippen LogP contribution in [0.4, 0.5) is 0 Å². The number of hydrogen-bond donors (Lipinski definition) is 1. The van der Waals surface area contributed by atoms with Crippen LogP contribution in [-0.4, -0.2) is 36.1 Å². The number of hydrogen-bond acceptors (Lipinski definition) is 3. The van der Waals surface area contributed by atoms with Crippen LogP contribution in [0, 0.1) is 22.2 Å². The fraction of sp³-hybridized carbons (Fsp3) is 1.00. The molecule has 0 radical (unpaired) electrons. The van der Waals surface area contributed by atoms with Crippen molar-refractivity contribution < 1.29 is 14.6 Å². The number of aliphatic hydroxyl groups is 1. The Morgan fingerprint density at radius 3 is 1.48 bits per heavy atom. The van der Waals surface area contributed by atoms with Crippen molar-refractivity contribution in [1.29, 1.82) is 0 Å². The van der Waals surface area contributed by atoms with E-state index in [1.54, 1.807) is 0 Å². The van der Waals surface area contributed by atoms with Crippen molar-refractivity contribution in [3.05, 3.63) is 0 Å². The van der Waals surface area contributed by atoms with Gasteiger partial charge in [0.2, 0.25) is 0 Å². The molecule has 0 saturated carbocycles. The van der Waals surface area contributed by atoms with E-state index in [0.717, 1.165) is 25.9 Å². The topological polar surface area (TPSA) is 38.7 Å². The quantitative estimate of drug-likeness (QED) is 0.467. The predicted octanol–water partition coefficient (Wildman–Crippen LogP) is 6.47. The second-order valence-corrected chi connectivity index (χ2v) is 13.0. The molecule has 0 spiro atoms. The van der Waals surface area contributed by atoms with E-state index in [2.05, 4.69) is 76.2 Å². The van der Waals surface area contributed by atoms with E-state index in [4.69, 9.17) is 9.47 Å². The van der Waals surface area contributed by atoms with Gasteiger partial charge in [-0.25, -0.2) is 0 Å². The van der Waals surface area contributed by atoms with Crippen LogP contribution in [0.3, 0.4) is 0 Å². The lowest BCUT2D eigenvalue weighted by atomic mass is 9.81. The van der Waals surface area contributed by atoms with Gasteiger partial charge in [-0.1, -0.05) is 69.2 Å². The predicted molar refractivity (Wildman–Crippen MR) is 117 cm³/mol. The van der Waals surface area contributed by atoms with Crippen molar-refractivity contribution in [2.45, 2.75) is 114 Å². The average Bonchev–Trinajstić information content (AvgIpc) is 2.38. The first kappa shape index (κ1) is 26.9. The molecule has 0 amide bonds. The third kappa shape index (κ3) is 13.7. The molecule has 0 aliphatic heterocycles. The third-order valence-electron chi connectivity index (χ3n) is 4.55. The lowest BCUT2D eigenvalue weighted by Gasteiger charge is -2.41. The van der Waals surface area contributed by atoms with Gasteiger partial charge in [0.1, 0.15) is 0 Å². The molecule has 0 aromatic carbocycles. The molecule has 0 heterocycles. The van der Waals surface area contributed by atoms with Crippen molar-refractivity contribution in [3.8, 4) is 0 Å². The molecule has 0 aliphatic carbocycles. The zero-order valence-corrected chi connectivity index (χ0v) is 20.6. The Bertz CT molecular complexity index is 424. The first-order chi connectivity index (χ1) is 11.8. The second kappa shape index (κ2) is 9.59. The van der Waals surface area contributed by atoms with Gasteiger partial charge in [-0.3, -0.25) is 0 Å². The lowest BCUT2D eigenvalue weighted by molar-refractivity contribution is -0.168. The molecule has 0 aromatic rings. The Labute approximate surface area is 170 Å². The molecule has 1 N–H and O–H groups in total. The van der Waals surface area contributed by atoms with Crippen LogP contribution in [-0.2, 0) is 9.47 Å². The highest BCUT2D eigenvalue weighted by Gasteiger charge is 2.37. The van der Waals surface area contributed by atoms with Gasteiger partial charge in [-0.2, -0.15) is 0 Å². The van der Waals surface area contributed by atoms with Crippen molar-refractivity contribution in [3.63, 3.8) is 0 Å². The Balaban J connectivity index is 5.12. The Morgan fingerprint density at radius 2 is 1.11 bits per heavy atom. The first-order valence-corrected chi connectivity index (χ1v) is 10.7. The summed E-state index contributed by atoms with van der Waals surface area (Å²) in [4.78, 5) is 0. The highest BCUT2D eigenvalue weighted by molar-refractivity contribution is 4.86. The standard InChI is InChI=1S/C24H50O3/c1-19(13-20(2,3)4)14-26-24(12,16-22(8,9)10)18-27-23(11,17-25)15-21(5,6)7/h19,25H,13-18H2,1-12H3. The maximum atomic E-state index is 9.96. The highest BCUT2D eigenvalue weighted by atomic mass is 16.6. The van der Waals surface area contributed by atoms with Gasteiger partial charge in [0.15, 0.2) is 0 Å². The summed E-state index contributed by atoms with van der Waals surface area (Å²) in [5, 5.41) is 9.96. The summed E-state index contributed by atoms with van der Waals surface area (Å²) in [5.41, 5.74) is -0.358. The molecule has 0 bridgehead atoms. The average molecular weight is 387 g/mol. The van der Waals surface area contributed by atoms with E-state index in [1.807, 2.05) is 6.92 Å². The maximum absolute atomic E-state index is 9.96. The van der Waals surface area contributed by atoms with Gasteiger partial charge in [-0.15, -0.1) is 0 Å². The van der Waals surface area contributed by atoms with Gasteiger partial charge in [-0.05, 0) is 55.3 Å². The second-order valence-electron chi connectivity index (χ2n) is 13.0. The van der Waals surface area contributed by atoms with E-state index in [9.17, 15) is 5.11 Å². The molecule has 0 aliphatic rings. The Kier molecular flexibility index (Phi) is 9.54. The largest absolute Gasteiger partial charge is 0.393 e. The summed E-state index contributed by atoms with van der Waals surface area (Å²) in [7, 11) is 0. The Hall–Kier alpha value is -0.120. The summed E-state index contributed by atoms with van der Waals surface area (Å²) in [6, 6.07) is 0. The lowest BCUT2D eigenvalue weighted by Crippen LogP contribution is -2.46. The molecule has 27 heavy (non-hydrogen) atoms. The normalized spacial score (nSPS) is 19.4. The number of ether oxygens (including phenoxy) is 2. The maximum Gasteiger partial charge on any atom is 0.0892 e. The molecule has 0 aromatic heterocycles. The van der Waals surface area contributed by atoms with Crippen LogP contribution in [0.5, 0.6) is 0 Å². The Morgan fingerprint density at radius 1 is 0.667 bits per heavy atom. The van der Waals surface area contributed by atoms with Crippen LogP contribution < -0.4 is 0 Å². The van der Waals surface area contributed by atoms with E-state index in [0.29, 0.717) is 17.9 Å². The summed E-state index contributed by atoms with van der Waals surface area (Å²) in [5.74, 6) is 0.503. The smallest absolute Gasteiger partial charge is 0.0892 e. The SMILES string of the molecule is CC(COC(C)(COC(C)(CO)CC(C)(C)C)CC(C)(C)C)CC(C)(C)C. The van der Waals surface area contributed by atoms with E-state index in [-0.39, 0.29) is 23.0 Å². The van der Waals surface area contributed by atoms with Crippen molar-refractivity contribution in [2.75, 3.05) is 19.8 Å². The zero-order valence-electron chi connectivity index (χ0n) is 20.6. The van der Waals surface area contributed by atoms with E-state index >= 15 is 0 Å². The minimum absolute atomic E-state index is 0.0241. The summed E-state index contributed by atoms with van der Waals surface area (Å²) in [6.07, 6.45) is 2.86. The van der Waals surface area contributed by atoms with Crippen LogP contribution in [0.2, 0.25) is 0 Å². The zero-order chi connectivity index (χ0) is 21.7. The van der Waals surface area contributed by atoms with Crippen molar-refractivity contribution >= 4 is 0 Å². The summed E-state index contributed by atoms with van der Waals surface area (Å²) in [6.45, 7) is 27.8. The molecule has 3 atom stereocenters. The molecule has 3 nitrogen and oxygen atoms in total. The van der Waals surface area contributed by atoms with Crippen molar-refractivity contribution in [1.82, 2.24) is 0 Å². The van der Waals surface area contributed by atoms with Crippen LogP contribution >= 0.6 is 0 Å². The minimum atomic E-state index is -0.544. The molecule has 0 fully saturated rings. The highest BCUT2D eigenvalue weighted by Crippen LogP contribution is 2.35. The molecular weight excluding hydrogens is 336 g/mol. The summed E-state index contributed by atoms with van der Waals surface area (Å²) < 4.78 is 12.8. The third-order valence-corrected chi connectivity index (χ3v) is 4.55. The fourth-order valence-corrected chi connectivity index (χ4v) is 4.31. The van der Waals surface area contributed by atoms with Crippen molar-refractivity contribution in [2.24, 2.45) is 22.2 Å². The summed E-state index contributed by atoms with van der Waals surface area (Å²) >= 11 is 0. The monoisotopic (exact) mass is 386 g/mol. The molecule has 0 saturated heterocycles. The van der Waals surface area contributed by atoms with Crippen LogP contribution in [0.1, 0.15) is 102 Å². The number of aliphatic hydroxyl groups excluding tert-OH is 1. The molecule has 164 valence electrons. The van der Waals surface area contributed by atoms with Gasteiger partial charge in [0.25, 0.3) is 0 Å². The molecular formula is C24H50O3. The van der Waals surface area contributed by atoms with Crippen LogP contribution in [0.25, 0.3) is 0 Å². The molecule has 0 rings (SSSR count). The fourth-order valence-electron chi connectivity index (χ4n) is 4.31. The molecule has 3 heteroatoms. The van der Waals surface area contributed by atoms with Gasteiger partial charge in [0, 0.05) is 6.61 Å².